The van der Waals surface area contributed by atoms with Gasteiger partial charge in [-0.3, -0.25) is 15.0 Å². The van der Waals surface area contributed by atoms with Gasteiger partial charge in [0, 0.05) is 12.6 Å². The second kappa shape index (κ2) is 5.44. The molecule has 0 spiro atoms. The van der Waals surface area contributed by atoms with E-state index in [-0.39, 0.29) is 19.1 Å². The Balaban J connectivity index is 2.64. The van der Waals surface area contributed by atoms with Crippen molar-refractivity contribution in [2.24, 2.45) is 0 Å². The molecule has 0 aromatic carbocycles. The van der Waals surface area contributed by atoms with Crippen LogP contribution in [0.3, 0.4) is 0 Å². The maximum absolute atomic E-state index is 12.3. The van der Waals surface area contributed by atoms with E-state index in [0.717, 1.165) is 17.7 Å². The lowest BCUT2D eigenvalue weighted by Crippen LogP contribution is -2.58. The first-order chi connectivity index (χ1) is 8.16. The van der Waals surface area contributed by atoms with Gasteiger partial charge in [0.15, 0.2) is 0 Å². The van der Waals surface area contributed by atoms with Gasteiger partial charge in [0.25, 0.3) is 0 Å². The standard InChI is InChI=1S/C11H19F3N2O2/c1-3-16(7-11(12,13)14)6-10(2,9(17)18)15-8-4-5-8/h8,15H,3-7H2,1-2H3,(H,17,18). The molecule has 1 fully saturated rings. The molecule has 1 aliphatic rings. The minimum Gasteiger partial charge on any atom is -0.480 e. The van der Waals surface area contributed by atoms with Gasteiger partial charge in [0.05, 0.1) is 6.54 Å². The number of carbonyl (C=O) groups is 1. The van der Waals surface area contributed by atoms with Gasteiger partial charge in [0.1, 0.15) is 5.54 Å². The zero-order chi connectivity index (χ0) is 14.0. The first-order valence-electron chi connectivity index (χ1n) is 5.96. The number of nitrogens with zero attached hydrogens (tertiary/aromatic N) is 1. The summed E-state index contributed by atoms with van der Waals surface area (Å²) in [5, 5.41) is 12.1. The molecule has 0 amide bonds. The number of hydrogen-bond acceptors (Lipinski definition) is 3. The van der Waals surface area contributed by atoms with Crippen LogP contribution in [0.4, 0.5) is 13.2 Å². The second-order valence-corrected chi connectivity index (χ2v) is 4.97. The number of hydrogen-bond donors (Lipinski definition) is 2. The number of rotatable bonds is 7. The van der Waals surface area contributed by atoms with E-state index >= 15 is 0 Å². The number of alkyl halides is 3. The van der Waals surface area contributed by atoms with Crippen molar-refractivity contribution < 1.29 is 23.1 Å². The molecule has 1 saturated carbocycles. The average Bonchev–Trinajstić information content (AvgIpc) is 2.98. The topological polar surface area (TPSA) is 52.6 Å². The van der Waals surface area contributed by atoms with Crippen LogP contribution in [-0.2, 0) is 4.79 Å². The van der Waals surface area contributed by atoms with E-state index in [9.17, 15) is 23.1 Å². The Kier molecular flexibility index (Phi) is 4.61. The van der Waals surface area contributed by atoms with Crippen molar-refractivity contribution in [3.8, 4) is 0 Å². The van der Waals surface area contributed by atoms with Gasteiger partial charge in [-0.25, -0.2) is 0 Å². The molecule has 0 saturated heterocycles. The number of nitrogens with one attached hydrogen (secondary N) is 1. The van der Waals surface area contributed by atoms with E-state index in [1.54, 1.807) is 6.92 Å². The van der Waals surface area contributed by atoms with E-state index in [2.05, 4.69) is 5.32 Å². The summed E-state index contributed by atoms with van der Waals surface area (Å²) in [7, 11) is 0. The molecule has 0 aliphatic heterocycles. The van der Waals surface area contributed by atoms with E-state index < -0.39 is 24.2 Å². The van der Waals surface area contributed by atoms with E-state index in [0.29, 0.717) is 0 Å². The molecule has 1 unspecified atom stereocenters. The molecule has 0 heterocycles. The van der Waals surface area contributed by atoms with Crippen molar-refractivity contribution in [1.82, 2.24) is 10.2 Å². The fourth-order valence-corrected chi connectivity index (χ4v) is 1.83. The lowest BCUT2D eigenvalue weighted by atomic mass is 10.0. The van der Waals surface area contributed by atoms with Gasteiger partial charge in [-0.2, -0.15) is 13.2 Å². The van der Waals surface area contributed by atoms with E-state index in [4.69, 9.17) is 0 Å². The third-order valence-corrected chi connectivity index (χ3v) is 2.96. The molecule has 0 aromatic heterocycles. The van der Waals surface area contributed by atoms with E-state index in [1.807, 2.05) is 0 Å². The van der Waals surface area contributed by atoms with Crippen molar-refractivity contribution >= 4 is 5.97 Å². The lowest BCUT2D eigenvalue weighted by Gasteiger charge is -2.33. The van der Waals surface area contributed by atoms with Crippen molar-refractivity contribution in [3.05, 3.63) is 0 Å². The summed E-state index contributed by atoms with van der Waals surface area (Å²) in [6, 6.07) is 0.121. The molecule has 7 heteroatoms. The molecule has 1 aliphatic carbocycles. The molecule has 4 nitrogen and oxygen atoms in total. The second-order valence-electron chi connectivity index (χ2n) is 4.97. The highest BCUT2D eigenvalue weighted by Gasteiger charge is 2.41. The molecule has 1 rings (SSSR count). The Morgan fingerprint density at radius 1 is 1.39 bits per heavy atom. The van der Waals surface area contributed by atoms with Crippen LogP contribution in [0.15, 0.2) is 0 Å². The van der Waals surface area contributed by atoms with Crippen molar-refractivity contribution in [3.63, 3.8) is 0 Å². The van der Waals surface area contributed by atoms with Crippen LogP contribution >= 0.6 is 0 Å². The highest BCUT2D eigenvalue weighted by atomic mass is 19.4. The Hall–Kier alpha value is -0.820. The van der Waals surface area contributed by atoms with Gasteiger partial charge < -0.3 is 5.11 Å². The minimum atomic E-state index is -4.31. The highest BCUT2D eigenvalue weighted by molar-refractivity contribution is 5.78. The molecule has 0 radical (unpaired) electrons. The quantitative estimate of drug-likeness (QED) is 0.734. The SMILES string of the molecule is CCN(CC(F)(F)F)CC(C)(NC1CC1)C(=O)O. The summed E-state index contributed by atoms with van der Waals surface area (Å²) >= 11 is 0. The van der Waals surface area contributed by atoms with Gasteiger partial charge in [-0.15, -0.1) is 0 Å². The molecule has 2 N–H and O–H groups in total. The van der Waals surface area contributed by atoms with Crippen LogP contribution in [0.5, 0.6) is 0 Å². The van der Waals surface area contributed by atoms with Crippen molar-refractivity contribution in [1.29, 1.82) is 0 Å². The number of likely N-dealkylation sites (N-methyl/N-ethyl adjacent to an activating group) is 1. The predicted octanol–water partition coefficient (Wildman–Crippen LogP) is 1.47. The molecular weight excluding hydrogens is 249 g/mol. The maximum atomic E-state index is 12.3. The van der Waals surface area contributed by atoms with Crippen molar-refractivity contribution in [2.75, 3.05) is 19.6 Å². The summed E-state index contributed by atoms with van der Waals surface area (Å²) in [5.74, 6) is -1.12. The Morgan fingerprint density at radius 2 is 1.94 bits per heavy atom. The Morgan fingerprint density at radius 3 is 2.28 bits per heavy atom. The normalized spacial score (nSPS) is 19.9. The first kappa shape index (κ1) is 15.2. The summed E-state index contributed by atoms with van der Waals surface area (Å²) < 4.78 is 37.0. The van der Waals surface area contributed by atoms with Gasteiger partial charge in [-0.05, 0) is 26.3 Å². The smallest absolute Gasteiger partial charge is 0.401 e. The van der Waals surface area contributed by atoms with Crippen LogP contribution in [-0.4, -0.2) is 53.4 Å². The summed E-state index contributed by atoms with van der Waals surface area (Å²) in [6.45, 7) is 1.94. The van der Waals surface area contributed by atoms with Crippen LogP contribution in [0.2, 0.25) is 0 Å². The summed E-state index contributed by atoms with van der Waals surface area (Å²) in [5.41, 5.74) is -1.33. The molecule has 18 heavy (non-hydrogen) atoms. The largest absolute Gasteiger partial charge is 0.480 e. The number of halogens is 3. The zero-order valence-electron chi connectivity index (χ0n) is 10.5. The third-order valence-electron chi connectivity index (χ3n) is 2.96. The van der Waals surface area contributed by atoms with Crippen LogP contribution < -0.4 is 5.32 Å². The van der Waals surface area contributed by atoms with Crippen LogP contribution in [0.1, 0.15) is 26.7 Å². The minimum absolute atomic E-state index is 0.121. The van der Waals surface area contributed by atoms with Gasteiger partial charge >= 0.3 is 12.1 Å². The lowest BCUT2D eigenvalue weighted by molar-refractivity contribution is -0.155. The third kappa shape index (κ3) is 4.81. The van der Waals surface area contributed by atoms with E-state index in [1.165, 1.54) is 6.92 Å². The molecule has 1 atom stereocenters. The van der Waals surface area contributed by atoms with Gasteiger partial charge in [-0.1, -0.05) is 6.92 Å². The zero-order valence-corrected chi connectivity index (χ0v) is 10.5. The molecule has 0 bridgehead atoms. The first-order valence-corrected chi connectivity index (χ1v) is 5.96. The summed E-state index contributed by atoms with van der Waals surface area (Å²) in [4.78, 5) is 12.3. The highest BCUT2D eigenvalue weighted by Crippen LogP contribution is 2.24. The van der Waals surface area contributed by atoms with Crippen molar-refractivity contribution in [2.45, 2.75) is 44.4 Å². The summed E-state index contributed by atoms with van der Waals surface area (Å²) in [6.07, 6.45) is -2.54. The fourth-order valence-electron chi connectivity index (χ4n) is 1.83. The number of carboxylic acids is 1. The predicted molar refractivity (Wildman–Crippen MR) is 60.4 cm³/mol. The van der Waals surface area contributed by atoms with Gasteiger partial charge in [0.2, 0.25) is 0 Å². The average molecular weight is 268 g/mol. The molecule has 0 aromatic rings. The monoisotopic (exact) mass is 268 g/mol. The fraction of sp³-hybridized carbons (Fsp3) is 0.909. The Labute approximate surface area is 104 Å². The Bertz CT molecular complexity index is 305. The van der Waals surface area contributed by atoms with Crippen LogP contribution in [0.25, 0.3) is 0 Å². The molecular formula is C11H19F3N2O2. The molecule has 106 valence electrons. The van der Waals surface area contributed by atoms with Crippen LogP contribution in [0, 0.1) is 0 Å². The number of aliphatic carboxylic acids is 1. The number of carboxylic acid groups (broad SMARTS) is 1. The maximum Gasteiger partial charge on any atom is 0.401 e.